The van der Waals surface area contributed by atoms with Gasteiger partial charge in [0, 0.05) is 12.5 Å². The Labute approximate surface area is 86.1 Å². The Kier molecular flexibility index (Phi) is 2.74. The number of rotatable bonds is 4. The van der Waals surface area contributed by atoms with Gasteiger partial charge in [0.2, 0.25) is 0 Å². The number of aromatic nitrogens is 4. The molecular weight excluding hydrogens is 198 g/mol. The van der Waals surface area contributed by atoms with Crippen LogP contribution in [0.15, 0.2) is 11.1 Å². The third-order valence-corrected chi connectivity index (χ3v) is 2.63. The molecule has 3 N–H and O–H groups in total. The first kappa shape index (κ1) is 9.54. The molecule has 0 saturated carbocycles. The number of H-pyrrole nitrogens is 1. The van der Waals surface area contributed by atoms with E-state index in [2.05, 4.69) is 22.1 Å². The van der Waals surface area contributed by atoms with Crippen molar-refractivity contribution in [3.63, 3.8) is 0 Å². The molecule has 0 aliphatic carbocycles. The molecular formula is C8H13N5S. The van der Waals surface area contributed by atoms with Gasteiger partial charge < -0.3 is 5.73 Å². The zero-order valence-electron chi connectivity index (χ0n) is 8.03. The van der Waals surface area contributed by atoms with Crippen molar-refractivity contribution in [1.29, 1.82) is 0 Å². The largest absolute Gasteiger partial charge is 0.330 e. The zero-order chi connectivity index (χ0) is 9.97. The van der Waals surface area contributed by atoms with Gasteiger partial charge in [0.1, 0.15) is 0 Å². The molecule has 14 heavy (non-hydrogen) atoms. The topological polar surface area (TPSA) is 72.0 Å². The second kappa shape index (κ2) is 4.02. The number of aromatic amines is 1. The molecule has 0 aliphatic rings. The van der Waals surface area contributed by atoms with Gasteiger partial charge in [0.15, 0.2) is 11.5 Å². The summed E-state index contributed by atoms with van der Waals surface area (Å²) in [6.45, 7) is 2.70. The quantitative estimate of drug-likeness (QED) is 0.729. The number of thioether (sulfide) groups is 1. The van der Waals surface area contributed by atoms with Crippen molar-refractivity contribution in [3.8, 4) is 0 Å². The first-order chi connectivity index (χ1) is 6.83. The van der Waals surface area contributed by atoms with E-state index in [1.807, 2.05) is 6.07 Å². The van der Waals surface area contributed by atoms with Crippen molar-refractivity contribution in [2.24, 2.45) is 5.73 Å². The molecule has 5 nitrogen and oxygen atoms in total. The summed E-state index contributed by atoms with van der Waals surface area (Å²) >= 11 is 1.74. The molecule has 0 spiro atoms. The van der Waals surface area contributed by atoms with Crippen molar-refractivity contribution in [3.05, 3.63) is 11.9 Å². The average Bonchev–Trinajstić information content (AvgIpc) is 2.62. The minimum absolute atomic E-state index is 0.587. The molecule has 0 unspecified atom stereocenters. The summed E-state index contributed by atoms with van der Waals surface area (Å²) in [7, 11) is 0. The highest BCUT2D eigenvalue weighted by molar-refractivity contribution is 7.99. The second-order valence-corrected chi connectivity index (χ2v) is 4.20. The van der Waals surface area contributed by atoms with Gasteiger partial charge in [0.25, 0.3) is 0 Å². The van der Waals surface area contributed by atoms with Crippen LogP contribution in [0.3, 0.4) is 0 Å². The normalized spacial score (nSPS) is 11.3. The third kappa shape index (κ3) is 1.76. The smallest absolute Gasteiger partial charge is 0.176 e. The monoisotopic (exact) mass is 211 g/mol. The average molecular weight is 211 g/mol. The predicted molar refractivity (Wildman–Crippen MR) is 56.5 cm³/mol. The van der Waals surface area contributed by atoms with Crippen LogP contribution in [0.25, 0.3) is 5.65 Å². The van der Waals surface area contributed by atoms with E-state index in [0.717, 1.165) is 28.7 Å². The number of hydrogen-bond donors (Lipinski definition) is 2. The standard InChI is InChI=1S/C8H13N5S/c1-2-14-8-5-7-10-6(3-4-9)11-13(7)12-8/h5,12H,2-4,9H2,1H3. The van der Waals surface area contributed by atoms with E-state index in [1.165, 1.54) is 0 Å². The Morgan fingerprint density at radius 1 is 1.64 bits per heavy atom. The Bertz CT molecular complexity index is 351. The van der Waals surface area contributed by atoms with Gasteiger partial charge in [-0.1, -0.05) is 6.92 Å². The third-order valence-electron chi connectivity index (χ3n) is 1.82. The number of nitrogens with one attached hydrogen (secondary N) is 1. The van der Waals surface area contributed by atoms with E-state index < -0.39 is 0 Å². The second-order valence-electron chi connectivity index (χ2n) is 2.89. The minimum atomic E-state index is 0.587. The van der Waals surface area contributed by atoms with Crippen LogP contribution in [0.4, 0.5) is 0 Å². The van der Waals surface area contributed by atoms with Gasteiger partial charge in [-0.05, 0) is 12.3 Å². The Morgan fingerprint density at radius 3 is 3.14 bits per heavy atom. The molecule has 0 bridgehead atoms. The van der Waals surface area contributed by atoms with E-state index in [9.17, 15) is 0 Å². The molecule has 76 valence electrons. The lowest BCUT2D eigenvalue weighted by Gasteiger charge is -1.90. The first-order valence-corrected chi connectivity index (χ1v) is 5.59. The summed E-state index contributed by atoms with van der Waals surface area (Å²) in [4.78, 5) is 4.33. The molecule has 2 rings (SSSR count). The van der Waals surface area contributed by atoms with Crippen LogP contribution >= 0.6 is 11.8 Å². The van der Waals surface area contributed by atoms with Crippen molar-refractivity contribution in [1.82, 2.24) is 19.8 Å². The molecule has 2 heterocycles. The summed E-state index contributed by atoms with van der Waals surface area (Å²) in [5.41, 5.74) is 6.29. The van der Waals surface area contributed by atoms with Gasteiger partial charge >= 0.3 is 0 Å². The molecule has 0 aromatic carbocycles. The maximum atomic E-state index is 5.43. The van der Waals surface area contributed by atoms with Crippen LogP contribution < -0.4 is 5.73 Å². The lowest BCUT2D eigenvalue weighted by molar-refractivity contribution is 0.751. The minimum Gasteiger partial charge on any atom is -0.330 e. The zero-order valence-corrected chi connectivity index (χ0v) is 8.84. The van der Waals surface area contributed by atoms with Crippen molar-refractivity contribution < 1.29 is 0 Å². The lowest BCUT2D eigenvalue weighted by Crippen LogP contribution is -2.04. The molecule has 0 fully saturated rings. The molecule has 2 aromatic rings. The summed E-state index contributed by atoms with van der Waals surface area (Å²) in [5.74, 6) is 1.84. The van der Waals surface area contributed by atoms with E-state index >= 15 is 0 Å². The Balaban J connectivity index is 2.26. The van der Waals surface area contributed by atoms with Gasteiger partial charge in [0.05, 0.1) is 5.03 Å². The highest BCUT2D eigenvalue weighted by Gasteiger charge is 2.05. The van der Waals surface area contributed by atoms with E-state index in [1.54, 1.807) is 16.4 Å². The molecule has 0 atom stereocenters. The van der Waals surface area contributed by atoms with E-state index in [4.69, 9.17) is 5.73 Å². The molecule has 2 aromatic heterocycles. The summed E-state index contributed by atoms with van der Waals surface area (Å²) in [5, 5.41) is 8.50. The van der Waals surface area contributed by atoms with Crippen molar-refractivity contribution in [2.75, 3.05) is 12.3 Å². The molecule has 0 saturated heterocycles. The summed E-state index contributed by atoms with van der Waals surface area (Å²) in [6, 6.07) is 2.00. The summed E-state index contributed by atoms with van der Waals surface area (Å²) in [6.07, 6.45) is 0.728. The maximum absolute atomic E-state index is 5.43. The van der Waals surface area contributed by atoms with Crippen molar-refractivity contribution in [2.45, 2.75) is 18.4 Å². The highest BCUT2D eigenvalue weighted by atomic mass is 32.2. The highest BCUT2D eigenvalue weighted by Crippen LogP contribution is 2.16. The maximum Gasteiger partial charge on any atom is 0.176 e. The van der Waals surface area contributed by atoms with Crippen molar-refractivity contribution >= 4 is 17.4 Å². The van der Waals surface area contributed by atoms with Gasteiger partial charge in [-0.3, -0.25) is 5.10 Å². The molecule has 0 amide bonds. The fourth-order valence-corrected chi connectivity index (χ4v) is 1.91. The van der Waals surface area contributed by atoms with Gasteiger partial charge in [-0.2, -0.15) is 4.63 Å². The van der Waals surface area contributed by atoms with Crippen LogP contribution in [0, 0.1) is 0 Å². The van der Waals surface area contributed by atoms with Gasteiger partial charge in [-0.15, -0.1) is 16.9 Å². The predicted octanol–water partition coefficient (Wildman–Crippen LogP) is 0.671. The molecule has 6 heteroatoms. The van der Waals surface area contributed by atoms with Crippen LogP contribution in [0.5, 0.6) is 0 Å². The van der Waals surface area contributed by atoms with Crippen LogP contribution in [0.1, 0.15) is 12.7 Å². The number of fused-ring (bicyclic) bond motifs is 1. The Hall–Kier alpha value is -1.01. The molecule has 0 aliphatic heterocycles. The van der Waals surface area contributed by atoms with E-state index in [0.29, 0.717) is 6.54 Å². The summed E-state index contributed by atoms with van der Waals surface area (Å²) < 4.78 is 1.70. The first-order valence-electron chi connectivity index (χ1n) is 4.61. The van der Waals surface area contributed by atoms with Crippen LogP contribution in [-0.4, -0.2) is 32.1 Å². The fraction of sp³-hybridized carbons (Fsp3) is 0.500. The number of nitrogens with two attached hydrogens (primary N) is 1. The van der Waals surface area contributed by atoms with Crippen LogP contribution in [-0.2, 0) is 6.42 Å². The molecule has 0 radical (unpaired) electrons. The number of hydrogen-bond acceptors (Lipinski definition) is 4. The van der Waals surface area contributed by atoms with Crippen LogP contribution in [0.2, 0.25) is 0 Å². The fourth-order valence-electron chi connectivity index (χ4n) is 1.26. The Morgan fingerprint density at radius 2 is 2.50 bits per heavy atom. The van der Waals surface area contributed by atoms with E-state index in [-0.39, 0.29) is 0 Å². The lowest BCUT2D eigenvalue weighted by atomic mass is 10.4. The number of nitrogens with zero attached hydrogens (tertiary/aromatic N) is 3. The van der Waals surface area contributed by atoms with Gasteiger partial charge in [-0.25, -0.2) is 4.98 Å². The SMILES string of the molecule is CCSc1cc2nc(CCN)nn2[nH]1.